The molecule has 4 saturated carbocycles. The van der Waals surface area contributed by atoms with E-state index in [-0.39, 0.29) is 17.1 Å². The number of benzene rings is 1. The van der Waals surface area contributed by atoms with Gasteiger partial charge in [-0.3, -0.25) is 14.6 Å². The van der Waals surface area contributed by atoms with E-state index in [1.54, 1.807) is 12.1 Å². The lowest BCUT2D eigenvalue weighted by Crippen LogP contribution is -2.58. The number of pyridine rings is 1. The number of aromatic nitrogens is 1. The summed E-state index contributed by atoms with van der Waals surface area (Å²) in [5.41, 5.74) is 1.64. The van der Waals surface area contributed by atoms with Crippen LogP contribution in [0.3, 0.4) is 0 Å². The van der Waals surface area contributed by atoms with E-state index in [2.05, 4.69) is 4.98 Å². The Balaban J connectivity index is 1.18. The van der Waals surface area contributed by atoms with Gasteiger partial charge in [0.15, 0.2) is 0 Å². The van der Waals surface area contributed by atoms with Gasteiger partial charge in [-0.2, -0.15) is 0 Å². The van der Waals surface area contributed by atoms with E-state index >= 15 is 0 Å². The maximum absolute atomic E-state index is 13.7. The third kappa shape index (κ3) is 3.22. The highest BCUT2D eigenvalue weighted by atomic mass is 19.1. The molecule has 32 heavy (non-hydrogen) atoms. The molecule has 0 spiro atoms. The molecule has 5 aliphatic rings. The van der Waals surface area contributed by atoms with E-state index in [1.807, 2.05) is 16.7 Å². The molecule has 1 aromatic carbocycles. The van der Waals surface area contributed by atoms with Gasteiger partial charge in [0.05, 0.1) is 16.5 Å². The summed E-state index contributed by atoms with van der Waals surface area (Å²) >= 11 is 0. The lowest BCUT2D eigenvalue weighted by atomic mass is 9.49. The van der Waals surface area contributed by atoms with Gasteiger partial charge in [-0.1, -0.05) is 0 Å². The predicted molar refractivity (Wildman–Crippen MR) is 120 cm³/mol. The van der Waals surface area contributed by atoms with Gasteiger partial charge in [0, 0.05) is 43.3 Å². The fourth-order valence-electron chi connectivity index (χ4n) is 7.50. The molecule has 4 aliphatic carbocycles. The monoisotopic (exact) mass is 435 g/mol. The Kier molecular flexibility index (Phi) is 4.57. The summed E-state index contributed by atoms with van der Waals surface area (Å²) < 4.78 is 13.7. The van der Waals surface area contributed by atoms with Crippen LogP contribution in [0.2, 0.25) is 0 Å². The Morgan fingerprint density at radius 3 is 2.16 bits per heavy atom. The Hall–Kier alpha value is -2.50. The number of halogens is 1. The molecule has 5 fully saturated rings. The summed E-state index contributed by atoms with van der Waals surface area (Å²) in [6.07, 6.45) is 7.23. The first kappa shape index (κ1) is 20.1. The molecule has 2 amide bonds. The van der Waals surface area contributed by atoms with Crippen molar-refractivity contribution in [3.63, 3.8) is 0 Å². The number of rotatable bonds is 2. The molecule has 1 saturated heterocycles. The van der Waals surface area contributed by atoms with E-state index in [4.69, 9.17) is 0 Å². The standard InChI is InChI=1S/C26H30FN3O2/c1-16-8-22(21-3-2-20(27)12-23(21)28-16)24(31)29-4-6-30(7-5-29)25(32)26-13-17-9-18(14-26)11-19(10-17)15-26/h2-3,8,12,17-19H,4-7,9-11,13-15H2,1H3. The van der Waals surface area contributed by atoms with Crippen molar-refractivity contribution >= 4 is 22.7 Å². The third-order valence-corrected chi connectivity index (χ3v) is 8.48. The first-order chi connectivity index (χ1) is 15.4. The molecule has 0 unspecified atom stereocenters. The second-order valence-electron chi connectivity index (χ2n) is 10.8. The van der Waals surface area contributed by atoms with Crippen molar-refractivity contribution in [3.8, 4) is 0 Å². The Labute approximate surface area is 188 Å². The zero-order valence-electron chi connectivity index (χ0n) is 18.6. The summed E-state index contributed by atoms with van der Waals surface area (Å²) in [4.78, 5) is 35.2. The second-order valence-corrected chi connectivity index (χ2v) is 10.8. The number of piperazine rings is 1. The molecule has 0 radical (unpaired) electrons. The van der Waals surface area contributed by atoms with E-state index in [0.29, 0.717) is 54.2 Å². The number of hydrogen-bond acceptors (Lipinski definition) is 3. The minimum Gasteiger partial charge on any atom is -0.339 e. The first-order valence-corrected chi connectivity index (χ1v) is 12.1. The fraction of sp³-hybridized carbons (Fsp3) is 0.577. The number of nitrogens with zero attached hydrogens (tertiary/aromatic N) is 3. The van der Waals surface area contributed by atoms with Crippen molar-refractivity contribution in [1.82, 2.24) is 14.8 Å². The molecule has 2 aromatic rings. The highest BCUT2D eigenvalue weighted by molar-refractivity contribution is 6.06. The second kappa shape index (κ2) is 7.26. The van der Waals surface area contributed by atoms with Gasteiger partial charge < -0.3 is 9.80 Å². The van der Waals surface area contributed by atoms with E-state index in [1.165, 1.54) is 31.4 Å². The van der Waals surface area contributed by atoms with E-state index in [0.717, 1.165) is 37.0 Å². The first-order valence-electron chi connectivity index (χ1n) is 12.1. The highest BCUT2D eigenvalue weighted by Crippen LogP contribution is 2.60. The topological polar surface area (TPSA) is 53.5 Å². The molecule has 5 nitrogen and oxygen atoms in total. The number of amides is 2. The molecule has 2 heterocycles. The number of hydrogen-bond donors (Lipinski definition) is 0. The minimum absolute atomic E-state index is 0.0611. The van der Waals surface area contributed by atoms with Crippen molar-refractivity contribution in [2.75, 3.05) is 26.2 Å². The average molecular weight is 436 g/mol. The van der Waals surface area contributed by atoms with Gasteiger partial charge in [0.2, 0.25) is 5.91 Å². The molecular weight excluding hydrogens is 405 g/mol. The van der Waals surface area contributed by atoms with Gasteiger partial charge in [-0.05, 0) is 81.4 Å². The molecular formula is C26H30FN3O2. The van der Waals surface area contributed by atoms with Crippen LogP contribution < -0.4 is 0 Å². The molecule has 7 rings (SSSR count). The van der Waals surface area contributed by atoms with E-state index in [9.17, 15) is 14.0 Å². The zero-order chi connectivity index (χ0) is 22.0. The molecule has 4 bridgehead atoms. The predicted octanol–water partition coefficient (Wildman–Crippen LogP) is 4.18. The van der Waals surface area contributed by atoms with Crippen LogP contribution in [-0.4, -0.2) is 52.8 Å². The normalized spacial score (nSPS) is 31.4. The lowest BCUT2D eigenvalue weighted by Gasteiger charge is -2.57. The zero-order valence-corrected chi connectivity index (χ0v) is 18.6. The molecule has 0 atom stereocenters. The lowest BCUT2D eigenvalue weighted by molar-refractivity contribution is -0.159. The molecule has 0 N–H and O–H groups in total. The quantitative estimate of drug-likeness (QED) is 0.711. The van der Waals surface area contributed by atoms with Gasteiger partial charge >= 0.3 is 0 Å². The van der Waals surface area contributed by atoms with Crippen LogP contribution in [-0.2, 0) is 4.79 Å². The highest BCUT2D eigenvalue weighted by Gasteiger charge is 2.55. The van der Waals surface area contributed by atoms with Gasteiger partial charge in [-0.15, -0.1) is 0 Å². The molecule has 1 aromatic heterocycles. The maximum Gasteiger partial charge on any atom is 0.254 e. The summed E-state index contributed by atoms with van der Waals surface area (Å²) in [5, 5.41) is 0.675. The largest absolute Gasteiger partial charge is 0.339 e. The van der Waals surface area contributed by atoms with Gasteiger partial charge in [-0.25, -0.2) is 4.39 Å². The van der Waals surface area contributed by atoms with Crippen molar-refractivity contribution in [3.05, 3.63) is 41.3 Å². The van der Waals surface area contributed by atoms with Crippen LogP contribution in [0.4, 0.5) is 4.39 Å². The van der Waals surface area contributed by atoms with E-state index < -0.39 is 0 Å². The van der Waals surface area contributed by atoms with Crippen LogP contribution in [0.1, 0.15) is 54.6 Å². The Bertz CT molecular complexity index is 1070. The third-order valence-electron chi connectivity index (χ3n) is 8.48. The van der Waals surface area contributed by atoms with Crippen molar-refractivity contribution < 1.29 is 14.0 Å². The summed E-state index contributed by atoms with van der Waals surface area (Å²) in [6.45, 7) is 4.11. The number of aryl methyl sites for hydroxylation is 1. The summed E-state index contributed by atoms with van der Waals surface area (Å²) in [5.74, 6) is 2.19. The van der Waals surface area contributed by atoms with Crippen LogP contribution in [0, 0.1) is 35.9 Å². The number of carbonyl (C=O) groups excluding carboxylic acids is 2. The molecule has 6 heteroatoms. The van der Waals surface area contributed by atoms with Crippen LogP contribution in [0.25, 0.3) is 10.9 Å². The van der Waals surface area contributed by atoms with Crippen molar-refractivity contribution in [2.24, 2.45) is 23.2 Å². The number of fused-ring (bicyclic) bond motifs is 1. The van der Waals surface area contributed by atoms with Crippen molar-refractivity contribution in [2.45, 2.75) is 45.4 Å². The fourth-order valence-corrected chi connectivity index (χ4v) is 7.50. The summed E-state index contributed by atoms with van der Waals surface area (Å²) in [6, 6.07) is 6.17. The SMILES string of the molecule is Cc1cc(C(=O)N2CCN(C(=O)C34CC5CC(CC(C5)C3)C4)CC2)c2ccc(F)cc2n1. The van der Waals surface area contributed by atoms with Gasteiger partial charge in [0.1, 0.15) is 5.82 Å². The Morgan fingerprint density at radius 1 is 0.938 bits per heavy atom. The van der Waals surface area contributed by atoms with Crippen molar-refractivity contribution in [1.29, 1.82) is 0 Å². The van der Waals surface area contributed by atoms with Crippen LogP contribution in [0.15, 0.2) is 24.3 Å². The van der Waals surface area contributed by atoms with Crippen LogP contribution >= 0.6 is 0 Å². The molecule has 168 valence electrons. The van der Waals surface area contributed by atoms with Crippen LogP contribution in [0.5, 0.6) is 0 Å². The molecule has 1 aliphatic heterocycles. The average Bonchev–Trinajstić information content (AvgIpc) is 2.76. The minimum atomic E-state index is -0.356. The summed E-state index contributed by atoms with van der Waals surface area (Å²) in [7, 11) is 0. The van der Waals surface area contributed by atoms with Gasteiger partial charge in [0.25, 0.3) is 5.91 Å². The Morgan fingerprint density at radius 2 is 1.53 bits per heavy atom. The maximum atomic E-state index is 13.7. The number of carbonyl (C=O) groups is 2. The smallest absolute Gasteiger partial charge is 0.254 e.